The molecule has 0 aromatic heterocycles. The molecule has 0 saturated carbocycles. The highest BCUT2D eigenvalue weighted by Crippen LogP contribution is 2.35. The molecular formula is C9H9FO2. The fraction of sp³-hybridized carbons (Fsp3) is 0.333. The number of phenols is 1. The number of phenolic OH excluding ortho intramolecular Hbond substituents is 1. The van der Waals surface area contributed by atoms with E-state index >= 15 is 0 Å². The first-order valence-corrected chi connectivity index (χ1v) is 3.92. The standard InChI is InChI=1S/C9H9FO2/c10-7-3-4-8(11)9-6(7)2-1-5-12-9/h3-4,11H,1-2,5H2. The van der Waals surface area contributed by atoms with Crippen molar-refractivity contribution in [1.82, 2.24) is 0 Å². The van der Waals surface area contributed by atoms with Crippen LogP contribution in [0.2, 0.25) is 0 Å². The molecule has 0 unspecified atom stereocenters. The smallest absolute Gasteiger partial charge is 0.167 e. The molecule has 12 heavy (non-hydrogen) atoms. The van der Waals surface area contributed by atoms with Crippen LogP contribution < -0.4 is 4.74 Å². The molecule has 0 aliphatic carbocycles. The molecule has 0 radical (unpaired) electrons. The van der Waals surface area contributed by atoms with E-state index in [1.54, 1.807) is 0 Å². The first kappa shape index (κ1) is 7.40. The first-order valence-electron chi connectivity index (χ1n) is 3.92. The van der Waals surface area contributed by atoms with Gasteiger partial charge in [-0.2, -0.15) is 0 Å². The van der Waals surface area contributed by atoms with Gasteiger partial charge in [-0.05, 0) is 25.0 Å². The van der Waals surface area contributed by atoms with Gasteiger partial charge in [-0.1, -0.05) is 0 Å². The van der Waals surface area contributed by atoms with Gasteiger partial charge in [-0.3, -0.25) is 0 Å². The van der Waals surface area contributed by atoms with Gasteiger partial charge in [0, 0.05) is 5.56 Å². The molecule has 0 bridgehead atoms. The normalized spacial score (nSPS) is 15.1. The lowest BCUT2D eigenvalue weighted by atomic mass is 10.1. The maximum Gasteiger partial charge on any atom is 0.167 e. The van der Waals surface area contributed by atoms with Crippen LogP contribution in [0, 0.1) is 5.82 Å². The number of hydrogen-bond acceptors (Lipinski definition) is 2. The Morgan fingerprint density at radius 3 is 3.00 bits per heavy atom. The minimum Gasteiger partial charge on any atom is -0.504 e. The van der Waals surface area contributed by atoms with Gasteiger partial charge in [-0.15, -0.1) is 0 Å². The Morgan fingerprint density at radius 2 is 2.25 bits per heavy atom. The Bertz CT molecular complexity index is 279. The molecular weight excluding hydrogens is 159 g/mol. The zero-order chi connectivity index (χ0) is 8.55. The van der Waals surface area contributed by atoms with Crippen molar-refractivity contribution in [1.29, 1.82) is 0 Å². The van der Waals surface area contributed by atoms with E-state index < -0.39 is 0 Å². The summed E-state index contributed by atoms with van der Waals surface area (Å²) in [6, 6.07) is 2.59. The highest BCUT2D eigenvalue weighted by molar-refractivity contribution is 5.47. The molecule has 2 nitrogen and oxygen atoms in total. The van der Waals surface area contributed by atoms with Crippen molar-refractivity contribution in [2.24, 2.45) is 0 Å². The third kappa shape index (κ3) is 1.02. The number of benzene rings is 1. The summed E-state index contributed by atoms with van der Waals surface area (Å²) in [6.07, 6.45) is 1.46. The Morgan fingerprint density at radius 1 is 1.42 bits per heavy atom. The Kier molecular flexibility index (Phi) is 1.64. The van der Waals surface area contributed by atoms with Gasteiger partial charge in [-0.25, -0.2) is 4.39 Å². The van der Waals surface area contributed by atoms with Gasteiger partial charge >= 0.3 is 0 Å². The predicted octanol–water partition coefficient (Wildman–Crippen LogP) is 1.86. The molecule has 1 N–H and O–H groups in total. The number of fused-ring (bicyclic) bond motifs is 1. The van der Waals surface area contributed by atoms with E-state index in [2.05, 4.69) is 0 Å². The van der Waals surface area contributed by atoms with Crippen LogP contribution in [0.3, 0.4) is 0 Å². The third-order valence-corrected chi connectivity index (χ3v) is 2.00. The van der Waals surface area contributed by atoms with Crippen molar-refractivity contribution in [2.75, 3.05) is 6.61 Å². The molecule has 1 aliphatic heterocycles. The van der Waals surface area contributed by atoms with Crippen LogP contribution in [0.1, 0.15) is 12.0 Å². The lowest BCUT2D eigenvalue weighted by molar-refractivity contribution is 0.268. The van der Waals surface area contributed by atoms with E-state index in [4.69, 9.17) is 4.74 Å². The number of rotatable bonds is 0. The second kappa shape index (κ2) is 2.66. The van der Waals surface area contributed by atoms with E-state index in [-0.39, 0.29) is 11.6 Å². The fourth-order valence-corrected chi connectivity index (χ4v) is 1.41. The van der Waals surface area contributed by atoms with E-state index in [1.807, 2.05) is 0 Å². The maximum atomic E-state index is 13.1. The molecule has 3 heteroatoms. The maximum absolute atomic E-state index is 13.1. The molecule has 1 heterocycles. The summed E-state index contributed by atoms with van der Waals surface area (Å²) in [4.78, 5) is 0. The molecule has 0 fully saturated rings. The van der Waals surface area contributed by atoms with Crippen molar-refractivity contribution in [3.8, 4) is 11.5 Å². The summed E-state index contributed by atoms with van der Waals surface area (Å²) < 4.78 is 18.2. The fourth-order valence-electron chi connectivity index (χ4n) is 1.41. The zero-order valence-corrected chi connectivity index (χ0v) is 6.51. The molecule has 0 saturated heterocycles. The van der Waals surface area contributed by atoms with E-state index in [0.717, 1.165) is 6.42 Å². The Balaban J connectivity index is 2.57. The minimum atomic E-state index is -0.289. The van der Waals surface area contributed by atoms with Crippen molar-refractivity contribution in [2.45, 2.75) is 12.8 Å². The van der Waals surface area contributed by atoms with Gasteiger partial charge in [0.05, 0.1) is 6.61 Å². The van der Waals surface area contributed by atoms with Crippen LogP contribution in [0.25, 0.3) is 0 Å². The molecule has 0 amide bonds. The molecule has 1 aliphatic rings. The molecule has 1 aromatic carbocycles. The van der Waals surface area contributed by atoms with Gasteiger partial charge in [0.1, 0.15) is 5.82 Å². The quantitative estimate of drug-likeness (QED) is 0.640. The lowest BCUT2D eigenvalue weighted by Gasteiger charge is -2.18. The van der Waals surface area contributed by atoms with Crippen LogP contribution in [0.15, 0.2) is 12.1 Å². The van der Waals surface area contributed by atoms with E-state index in [1.165, 1.54) is 12.1 Å². The average molecular weight is 168 g/mol. The second-order valence-electron chi connectivity index (χ2n) is 2.83. The van der Waals surface area contributed by atoms with Crippen molar-refractivity contribution in [3.63, 3.8) is 0 Å². The van der Waals surface area contributed by atoms with Crippen molar-refractivity contribution < 1.29 is 14.2 Å². The summed E-state index contributed by atoms with van der Waals surface area (Å²) >= 11 is 0. The Hall–Kier alpha value is -1.25. The predicted molar refractivity (Wildman–Crippen MR) is 41.9 cm³/mol. The summed E-state index contributed by atoms with van der Waals surface area (Å²) in [5.74, 6) is 0.0647. The van der Waals surface area contributed by atoms with Crippen LogP contribution >= 0.6 is 0 Å². The Labute approximate surface area is 69.6 Å². The van der Waals surface area contributed by atoms with Gasteiger partial charge < -0.3 is 9.84 Å². The van der Waals surface area contributed by atoms with Gasteiger partial charge in [0.15, 0.2) is 11.5 Å². The van der Waals surface area contributed by atoms with Crippen LogP contribution in [0.5, 0.6) is 11.5 Å². The third-order valence-electron chi connectivity index (χ3n) is 2.00. The summed E-state index contributed by atoms with van der Waals surface area (Å²) in [6.45, 7) is 0.560. The summed E-state index contributed by atoms with van der Waals surface area (Å²) in [5.41, 5.74) is 0.501. The monoisotopic (exact) mass is 168 g/mol. The summed E-state index contributed by atoms with van der Waals surface area (Å²) in [7, 11) is 0. The van der Waals surface area contributed by atoms with Gasteiger partial charge in [0.2, 0.25) is 0 Å². The minimum absolute atomic E-state index is 0.0334. The van der Waals surface area contributed by atoms with Crippen LogP contribution in [0.4, 0.5) is 4.39 Å². The topological polar surface area (TPSA) is 29.5 Å². The molecule has 0 atom stereocenters. The highest BCUT2D eigenvalue weighted by Gasteiger charge is 2.17. The van der Waals surface area contributed by atoms with Gasteiger partial charge in [0.25, 0.3) is 0 Å². The van der Waals surface area contributed by atoms with Crippen molar-refractivity contribution in [3.05, 3.63) is 23.5 Å². The highest BCUT2D eigenvalue weighted by atomic mass is 19.1. The van der Waals surface area contributed by atoms with E-state index in [9.17, 15) is 9.50 Å². The largest absolute Gasteiger partial charge is 0.504 e. The molecule has 64 valence electrons. The number of halogens is 1. The first-order chi connectivity index (χ1) is 5.79. The zero-order valence-electron chi connectivity index (χ0n) is 6.51. The van der Waals surface area contributed by atoms with Crippen LogP contribution in [-0.4, -0.2) is 11.7 Å². The second-order valence-corrected chi connectivity index (χ2v) is 2.83. The summed E-state index contributed by atoms with van der Waals surface area (Å²) in [5, 5.41) is 9.29. The number of aromatic hydroxyl groups is 1. The number of hydrogen-bond donors (Lipinski definition) is 1. The molecule has 0 spiro atoms. The lowest BCUT2D eigenvalue weighted by Crippen LogP contribution is -2.09. The average Bonchev–Trinajstić information content (AvgIpc) is 2.12. The van der Waals surface area contributed by atoms with E-state index in [0.29, 0.717) is 24.3 Å². The molecule has 1 aromatic rings. The van der Waals surface area contributed by atoms with Crippen LogP contribution in [-0.2, 0) is 6.42 Å². The molecule has 2 rings (SSSR count). The van der Waals surface area contributed by atoms with Crippen molar-refractivity contribution >= 4 is 0 Å². The SMILES string of the molecule is Oc1ccc(F)c2c1OCCC2. The number of ether oxygens (including phenoxy) is 1.